The summed E-state index contributed by atoms with van der Waals surface area (Å²) >= 11 is 1.38. The fourth-order valence-corrected chi connectivity index (χ4v) is 2.56. The molecule has 0 atom stereocenters. The van der Waals surface area contributed by atoms with Gasteiger partial charge in [-0.25, -0.2) is 0 Å². The summed E-state index contributed by atoms with van der Waals surface area (Å²) in [7, 11) is 3.64. The number of hydrogen-bond acceptors (Lipinski definition) is 5. The molecule has 7 heteroatoms. The van der Waals surface area contributed by atoms with Crippen LogP contribution in [0.5, 0.6) is 0 Å². The molecule has 0 saturated heterocycles. The number of carbonyl (C=O) groups excluding carboxylic acids is 1. The second kappa shape index (κ2) is 7.21. The maximum absolute atomic E-state index is 12.1. The number of aromatic nitrogens is 4. The topological polar surface area (TPSA) is 63.9 Å². The maximum Gasteiger partial charge on any atom is 0.233 e. The smallest absolute Gasteiger partial charge is 0.233 e. The Morgan fingerprint density at radius 2 is 2.24 bits per heavy atom. The van der Waals surface area contributed by atoms with Gasteiger partial charge in [-0.2, -0.15) is 0 Å². The van der Waals surface area contributed by atoms with Gasteiger partial charge in [-0.3, -0.25) is 9.78 Å². The lowest BCUT2D eigenvalue weighted by Gasteiger charge is -2.16. The largest absolute Gasteiger partial charge is 0.339 e. The molecule has 0 aromatic carbocycles. The fourth-order valence-electron chi connectivity index (χ4n) is 1.73. The highest BCUT2D eigenvalue weighted by Crippen LogP contribution is 2.14. The van der Waals surface area contributed by atoms with Crippen molar-refractivity contribution in [1.82, 2.24) is 24.6 Å². The molecule has 112 valence electrons. The Morgan fingerprint density at radius 3 is 2.81 bits per heavy atom. The van der Waals surface area contributed by atoms with Crippen LogP contribution in [0.1, 0.15) is 18.2 Å². The van der Waals surface area contributed by atoms with Gasteiger partial charge in [-0.1, -0.05) is 24.8 Å². The van der Waals surface area contributed by atoms with Gasteiger partial charge in [-0.15, -0.1) is 10.2 Å². The summed E-state index contributed by atoms with van der Waals surface area (Å²) in [4.78, 5) is 18.1. The molecular weight excluding hydrogens is 286 g/mol. The Kier molecular flexibility index (Phi) is 5.32. The van der Waals surface area contributed by atoms with Crippen LogP contribution in [0.4, 0.5) is 0 Å². The molecule has 0 saturated carbocycles. The van der Waals surface area contributed by atoms with Gasteiger partial charge in [0.15, 0.2) is 5.16 Å². The minimum atomic E-state index is 0.0457. The van der Waals surface area contributed by atoms with E-state index in [0.717, 1.165) is 17.3 Å². The third kappa shape index (κ3) is 4.29. The molecule has 0 unspecified atom stereocenters. The summed E-state index contributed by atoms with van der Waals surface area (Å²) in [5, 5.41) is 8.47. The van der Waals surface area contributed by atoms with Crippen molar-refractivity contribution in [2.24, 2.45) is 7.05 Å². The maximum atomic E-state index is 12.1. The lowest BCUT2D eigenvalue weighted by Crippen LogP contribution is -2.28. The van der Waals surface area contributed by atoms with Gasteiger partial charge in [0, 0.05) is 20.3 Å². The van der Waals surface area contributed by atoms with Crippen molar-refractivity contribution in [3.05, 3.63) is 35.9 Å². The number of rotatable bonds is 6. The first-order valence-electron chi connectivity index (χ1n) is 6.74. The first-order valence-corrected chi connectivity index (χ1v) is 7.73. The van der Waals surface area contributed by atoms with Crippen molar-refractivity contribution in [3.63, 3.8) is 0 Å². The van der Waals surface area contributed by atoms with Gasteiger partial charge in [0.05, 0.1) is 18.0 Å². The average molecular weight is 305 g/mol. The number of aryl methyl sites for hydroxylation is 2. The van der Waals surface area contributed by atoms with E-state index in [4.69, 9.17) is 0 Å². The number of carbonyl (C=O) groups is 1. The van der Waals surface area contributed by atoms with E-state index >= 15 is 0 Å². The average Bonchev–Trinajstić information content (AvgIpc) is 2.90. The Labute approximate surface area is 128 Å². The molecule has 0 fully saturated rings. The van der Waals surface area contributed by atoms with Gasteiger partial charge in [0.1, 0.15) is 6.33 Å². The summed E-state index contributed by atoms with van der Waals surface area (Å²) in [6.07, 6.45) is 4.45. The normalized spacial score (nSPS) is 10.6. The molecule has 0 N–H and O–H groups in total. The highest BCUT2D eigenvalue weighted by molar-refractivity contribution is 7.99. The van der Waals surface area contributed by atoms with Crippen LogP contribution < -0.4 is 0 Å². The molecule has 0 radical (unpaired) electrons. The molecule has 1 amide bonds. The molecule has 0 spiro atoms. The van der Waals surface area contributed by atoms with Crippen LogP contribution in [0, 0.1) is 0 Å². The van der Waals surface area contributed by atoms with Crippen molar-refractivity contribution >= 4 is 17.7 Å². The Balaban J connectivity index is 1.85. The SMILES string of the molecule is CCc1ccc(CN(C)C(=O)CSc2nncn2C)nc1. The molecule has 0 aliphatic carbocycles. The van der Waals surface area contributed by atoms with Crippen molar-refractivity contribution in [2.45, 2.75) is 25.0 Å². The lowest BCUT2D eigenvalue weighted by atomic mass is 10.2. The summed E-state index contributed by atoms with van der Waals surface area (Å²) < 4.78 is 1.79. The van der Waals surface area contributed by atoms with E-state index in [-0.39, 0.29) is 5.91 Å². The quantitative estimate of drug-likeness (QED) is 0.757. The summed E-state index contributed by atoms with van der Waals surface area (Å²) in [5.41, 5.74) is 2.09. The van der Waals surface area contributed by atoms with E-state index in [9.17, 15) is 4.79 Å². The fraction of sp³-hybridized carbons (Fsp3) is 0.429. The van der Waals surface area contributed by atoms with Gasteiger partial charge in [-0.05, 0) is 18.1 Å². The highest BCUT2D eigenvalue weighted by Gasteiger charge is 2.12. The molecule has 0 bridgehead atoms. The van der Waals surface area contributed by atoms with E-state index < -0.39 is 0 Å². The van der Waals surface area contributed by atoms with Crippen molar-refractivity contribution in [3.8, 4) is 0 Å². The van der Waals surface area contributed by atoms with Gasteiger partial charge in [0.25, 0.3) is 0 Å². The number of nitrogens with zero attached hydrogens (tertiary/aromatic N) is 5. The van der Waals surface area contributed by atoms with E-state index in [2.05, 4.69) is 28.2 Å². The molecule has 2 aromatic rings. The van der Waals surface area contributed by atoms with Crippen molar-refractivity contribution in [2.75, 3.05) is 12.8 Å². The Hall–Kier alpha value is -1.89. The highest BCUT2D eigenvalue weighted by atomic mass is 32.2. The van der Waals surface area contributed by atoms with Crippen molar-refractivity contribution in [1.29, 1.82) is 0 Å². The zero-order valence-corrected chi connectivity index (χ0v) is 13.3. The van der Waals surface area contributed by atoms with E-state index in [1.54, 1.807) is 22.8 Å². The zero-order valence-electron chi connectivity index (χ0n) is 12.5. The Morgan fingerprint density at radius 1 is 1.43 bits per heavy atom. The van der Waals surface area contributed by atoms with E-state index in [1.807, 2.05) is 19.3 Å². The van der Waals surface area contributed by atoms with Crippen LogP contribution in [0.3, 0.4) is 0 Å². The molecule has 6 nitrogen and oxygen atoms in total. The van der Waals surface area contributed by atoms with Crippen LogP contribution in [0.25, 0.3) is 0 Å². The monoisotopic (exact) mass is 305 g/mol. The number of hydrogen-bond donors (Lipinski definition) is 0. The standard InChI is InChI=1S/C14H19N5OS/c1-4-11-5-6-12(15-7-11)8-18(2)13(20)9-21-14-17-16-10-19(14)3/h5-7,10H,4,8-9H2,1-3H3. The first kappa shape index (κ1) is 15.5. The van der Waals surface area contributed by atoms with Crippen LogP contribution in [0.2, 0.25) is 0 Å². The number of pyridine rings is 1. The van der Waals surface area contributed by atoms with Gasteiger partial charge < -0.3 is 9.47 Å². The third-order valence-corrected chi connectivity index (χ3v) is 4.13. The zero-order chi connectivity index (χ0) is 15.2. The number of amides is 1. The first-order chi connectivity index (χ1) is 10.1. The lowest BCUT2D eigenvalue weighted by molar-refractivity contribution is -0.127. The van der Waals surface area contributed by atoms with Crippen LogP contribution in [-0.2, 0) is 24.8 Å². The predicted octanol–water partition coefficient (Wildman–Crippen LogP) is 1.52. The number of thioether (sulfide) groups is 1. The van der Waals surface area contributed by atoms with Gasteiger partial charge in [0.2, 0.25) is 5.91 Å². The second-order valence-electron chi connectivity index (χ2n) is 4.77. The molecule has 21 heavy (non-hydrogen) atoms. The minimum absolute atomic E-state index is 0.0457. The molecule has 0 aliphatic rings. The van der Waals surface area contributed by atoms with Crippen LogP contribution in [-0.4, -0.2) is 43.4 Å². The summed E-state index contributed by atoms with van der Waals surface area (Å²) in [6.45, 7) is 2.61. The van der Waals surface area contributed by atoms with Crippen LogP contribution >= 0.6 is 11.8 Å². The third-order valence-electron chi connectivity index (χ3n) is 3.11. The van der Waals surface area contributed by atoms with Gasteiger partial charge >= 0.3 is 0 Å². The second-order valence-corrected chi connectivity index (χ2v) is 5.72. The summed E-state index contributed by atoms with van der Waals surface area (Å²) in [5.74, 6) is 0.389. The van der Waals surface area contributed by atoms with E-state index in [0.29, 0.717) is 12.3 Å². The van der Waals surface area contributed by atoms with Crippen LogP contribution in [0.15, 0.2) is 29.8 Å². The predicted molar refractivity (Wildman–Crippen MR) is 81.8 cm³/mol. The molecular formula is C14H19N5OS. The summed E-state index contributed by atoms with van der Waals surface area (Å²) in [6, 6.07) is 4.02. The molecule has 2 aromatic heterocycles. The molecule has 2 rings (SSSR count). The molecule has 2 heterocycles. The van der Waals surface area contributed by atoms with E-state index in [1.165, 1.54) is 17.3 Å². The molecule has 0 aliphatic heterocycles. The van der Waals surface area contributed by atoms with Crippen molar-refractivity contribution < 1.29 is 4.79 Å². The minimum Gasteiger partial charge on any atom is -0.339 e. The Bertz CT molecular complexity index is 596.